The van der Waals surface area contributed by atoms with Crippen molar-refractivity contribution in [2.24, 2.45) is 0 Å². The molecule has 0 N–H and O–H groups in total. The van der Waals surface area contributed by atoms with Gasteiger partial charge in [0, 0.05) is 9.52 Å². The van der Waals surface area contributed by atoms with Gasteiger partial charge in [0.1, 0.15) is 11.4 Å². The Morgan fingerprint density at radius 1 is 0.562 bits per heavy atom. The van der Waals surface area contributed by atoms with E-state index in [9.17, 15) is 0 Å². The molecule has 0 aliphatic carbocycles. The van der Waals surface area contributed by atoms with Crippen LogP contribution in [0.5, 0.6) is 0 Å². The summed E-state index contributed by atoms with van der Waals surface area (Å²) in [6.07, 6.45) is 2.18. The molecule has 6 aromatic rings. The number of benzene rings is 4. The average Bonchev–Trinajstić information content (AvgIpc) is 3.69. The summed E-state index contributed by atoms with van der Waals surface area (Å²) >= 11 is -0.826. The second-order valence-electron chi connectivity index (χ2n) is 13.7. The first-order chi connectivity index (χ1) is 22.8. The van der Waals surface area contributed by atoms with Crippen LogP contribution in [0, 0.1) is 0 Å². The maximum atomic E-state index is 4.93. The van der Waals surface area contributed by atoms with Crippen LogP contribution in [-0.2, 0) is 33.7 Å². The van der Waals surface area contributed by atoms with Crippen LogP contribution in [0.25, 0.3) is 43.8 Å². The Labute approximate surface area is 311 Å². The maximum absolute atomic E-state index is 4.93. The first-order valence-electron chi connectivity index (χ1n) is 16.6. The van der Waals surface area contributed by atoms with Crippen LogP contribution in [0.15, 0.2) is 109 Å². The molecule has 0 heterocycles. The second-order valence-corrected chi connectivity index (χ2v) is 18.5. The molecule has 0 fully saturated rings. The number of nitrogens with zero attached hydrogens (tertiary/aromatic N) is 2. The molecule has 0 unspecified atom stereocenters. The quantitative estimate of drug-likeness (QED) is 0.0898. The third kappa shape index (κ3) is 10.8. The number of quaternary nitrogens is 2. The molecule has 2 radical (unpaired) electrons. The van der Waals surface area contributed by atoms with E-state index in [-0.39, 0.29) is 0 Å². The van der Waals surface area contributed by atoms with Crippen molar-refractivity contribution in [1.82, 2.24) is 8.97 Å². The molecule has 48 heavy (non-hydrogen) atoms. The van der Waals surface area contributed by atoms with Crippen LogP contribution in [0.4, 0.5) is 11.4 Å². The Bertz CT molecular complexity index is 1700. The van der Waals surface area contributed by atoms with Crippen molar-refractivity contribution in [3.8, 4) is 22.3 Å². The monoisotopic (exact) mass is 772 g/mol. The van der Waals surface area contributed by atoms with E-state index in [4.69, 9.17) is 17.0 Å². The SMILES string of the molecule is CCc1cc2c(-c3ccc([N+](C)(C)C)cc3)cccc2[cH-]1.CCc1cc2c(-c3ccc([N+](C)(C)C)cc3)cccc2[cH-]1.C[Si]C.[Cl][Zr+2][Cl]. The summed E-state index contributed by atoms with van der Waals surface area (Å²) in [5, 5.41) is 5.43. The first kappa shape index (κ1) is 40.1. The minimum atomic E-state index is -0.826. The summed E-state index contributed by atoms with van der Waals surface area (Å²) in [5.74, 6) is 0. The molecule has 0 spiro atoms. The number of hydrogen-bond acceptors (Lipinski definition) is 0. The van der Waals surface area contributed by atoms with Gasteiger partial charge in [0.25, 0.3) is 0 Å². The molecule has 2 nitrogen and oxygen atoms in total. The molecule has 0 amide bonds. The zero-order valence-electron chi connectivity index (χ0n) is 30.5. The Kier molecular flexibility index (Phi) is 15.6. The van der Waals surface area contributed by atoms with E-state index in [1.807, 2.05) is 0 Å². The number of hydrogen-bond donors (Lipinski definition) is 0. The van der Waals surface area contributed by atoms with Gasteiger partial charge in [-0.25, -0.2) is 0 Å². The molecule has 0 atom stereocenters. The van der Waals surface area contributed by atoms with Crippen molar-refractivity contribution in [3.63, 3.8) is 0 Å². The molecular formula is C42H52Cl2N2SiZr+2. The summed E-state index contributed by atoms with van der Waals surface area (Å²) in [6.45, 7) is 8.73. The Morgan fingerprint density at radius 2 is 0.875 bits per heavy atom. The van der Waals surface area contributed by atoms with Crippen molar-refractivity contribution in [2.45, 2.75) is 39.8 Å². The van der Waals surface area contributed by atoms with E-state index in [2.05, 4.69) is 178 Å². The van der Waals surface area contributed by atoms with E-state index >= 15 is 0 Å². The van der Waals surface area contributed by atoms with Gasteiger partial charge in [-0.3, -0.25) is 8.97 Å². The predicted molar refractivity (Wildman–Crippen MR) is 217 cm³/mol. The molecule has 6 heteroatoms. The third-order valence-electron chi connectivity index (χ3n) is 8.34. The number of aryl methyl sites for hydroxylation is 2. The third-order valence-corrected chi connectivity index (χ3v) is 8.34. The molecule has 250 valence electrons. The Hall–Kier alpha value is -2.30. The van der Waals surface area contributed by atoms with Crippen molar-refractivity contribution in [2.75, 3.05) is 42.3 Å². The molecule has 0 aliphatic heterocycles. The van der Waals surface area contributed by atoms with Crippen molar-refractivity contribution >= 4 is 59.5 Å². The van der Waals surface area contributed by atoms with Crippen molar-refractivity contribution < 1.29 is 20.8 Å². The number of fused-ring (bicyclic) bond motifs is 2. The number of rotatable bonds is 6. The van der Waals surface area contributed by atoms with Gasteiger partial charge in [0.2, 0.25) is 0 Å². The Balaban J connectivity index is 0.000000224. The van der Waals surface area contributed by atoms with E-state index in [1.165, 1.54) is 66.3 Å². The summed E-state index contributed by atoms with van der Waals surface area (Å²) in [4.78, 5) is 0. The van der Waals surface area contributed by atoms with Crippen LogP contribution < -0.4 is 8.97 Å². The average molecular weight is 775 g/mol. The van der Waals surface area contributed by atoms with E-state index in [0.29, 0.717) is 0 Å². The van der Waals surface area contributed by atoms with Crippen LogP contribution >= 0.6 is 17.0 Å². The number of halogens is 2. The van der Waals surface area contributed by atoms with Crippen molar-refractivity contribution in [3.05, 3.63) is 120 Å². The van der Waals surface area contributed by atoms with Gasteiger partial charge in [-0.05, 0) is 72.5 Å². The van der Waals surface area contributed by atoms with Crippen molar-refractivity contribution in [1.29, 1.82) is 0 Å². The second kappa shape index (κ2) is 18.6. The van der Waals surface area contributed by atoms with E-state index < -0.39 is 20.8 Å². The van der Waals surface area contributed by atoms with Gasteiger partial charge < -0.3 is 0 Å². The van der Waals surface area contributed by atoms with E-state index in [1.54, 1.807) is 0 Å². The topological polar surface area (TPSA) is 0 Å². The van der Waals surface area contributed by atoms with E-state index in [0.717, 1.165) is 31.3 Å². The minimum absolute atomic E-state index is 0.826. The fourth-order valence-corrected chi connectivity index (χ4v) is 5.68. The standard InChI is InChI=1S/2C20H23N.C2H6Si.2ClH.Zr/c2*1-5-15-13-17-7-6-8-19(20(17)14-15)16-9-11-18(12-10-16)21(2,3)4;1-3-2;;;/h2*6-14H,5H2,1-4H3;1-2H3;2*1H;/q;;;;;+4/p-2. The van der Waals surface area contributed by atoms with Gasteiger partial charge in [-0.1, -0.05) is 50.2 Å². The van der Waals surface area contributed by atoms with Gasteiger partial charge in [0.15, 0.2) is 0 Å². The molecule has 6 aromatic carbocycles. The molecule has 6 rings (SSSR count). The van der Waals surface area contributed by atoms with Gasteiger partial charge in [0.05, 0.1) is 42.3 Å². The molecule has 0 saturated heterocycles. The first-order valence-corrected chi connectivity index (χ1v) is 24.9. The zero-order valence-corrected chi connectivity index (χ0v) is 35.4. The van der Waals surface area contributed by atoms with Crippen LogP contribution in [-0.4, -0.2) is 51.8 Å². The van der Waals surface area contributed by atoms with Crippen LogP contribution in [0.3, 0.4) is 0 Å². The zero-order chi connectivity index (χ0) is 35.5. The molecule has 0 saturated carbocycles. The fourth-order valence-electron chi connectivity index (χ4n) is 5.68. The molecule has 0 bridgehead atoms. The molecule has 0 aliphatic rings. The fraction of sp³-hybridized carbons (Fsp3) is 0.286. The predicted octanol–water partition coefficient (Wildman–Crippen LogP) is 12.1. The van der Waals surface area contributed by atoms with Crippen LogP contribution in [0.2, 0.25) is 13.1 Å². The summed E-state index contributed by atoms with van der Waals surface area (Å²) in [7, 11) is 24.1. The summed E-state index contributed by atoms with van der Waals surface area (Å²) < 4.78 is 1.70. The Morgan fingerprint density at radius 3 is 1.15 bits per heavy atom. The van der Waals surface area contributed by atoms with Crippen LogP contribution in [0.1, 0.15) is 25.0 Å². The summed E-state index contributed by atoms with van der Waals surface area (Å²) in [5.41, 5.74) is 10.7. The van der Waals surface area contributed by atoms with Gasteiger partial charge >= 0.3 is 37.9 Å². The molecule has 0 aromatic heterocycles. The normalized spacial score (nSPS) is 11.1. The summed E-state index contributed by atoms with van der Waals surface area (Å²) in [6, 6.07) is 40.4. The van der Waals surface area contributed by atoms with Gasteiger partial charge in [-0.15, -0.1) is 69.1 Å². The molecular weight excluding hydrogens is 723 g/mol. The van der Waals surface area contributed by atoms with Gasteiger partial charge in [-0.2, -0.15) is 12.1 Å².